The standard InChI is InChI=1S/C16H19ClN2O/c1-2-14(12-20)19(15-8-4-3-5-9-15)11-13-7-6-10-18-16(13)17/h3-10,14,20H,2,11-12H2,1H3. The predicted molar refractivity (Wildman–Crippen MR) is 83.0 cm³/mol. The fourth-order valence-corrected chi connectivity index (χ4v) is 2.40. The second-order valence-electron chi connectivity index (χ2n) is 4.66. The lowest BCUT2D eigenvalue weighted by molar-refractivity contribution is 0.255. The highest BCUT2D eigenvalue weighted by molar-refractivity contribution is 6.30. The minimum Gasteiger partial charge on any atom is -0.394 e. The maximum Gasteiger partial charge on any atom is 0.133 e. The lowest BCUT2D eigenvalue weighted by Crippen LogP contribution is -2.37. The number of aliphatic hydroxyl groups excluding tert-OH is 1. The smallest absolute Gasteiger partial charge is 0.133 e. The van der Waals surface area contributed by atoms with Gasteiger partial charge in [0.15, 0.2) is 0 Å². The van der Waals surface area contributed by atoms with Crippen molar-refractivity contribution in [2.24, 2.45) is 0 Å². The molecule has 0 aliphatic carbocycles. The maximum absolute atomic E-state index is 9.61. The first-order valence-electron chi connectivity index (χ1n) is 6.78. The minimum absolute atomic E-state index is 0.0636. The van der Waals surface area contributed by atoms with Crippen LogP contribution < -0.4 is 4.90 Å². The molecule has 2 rings (SSSR count). The molecule has 0 aliphatic rings. The zero-order valence-electron chi connectivity index (χ0n) is 11.5. The number of anilines is 1. The third-order valence-electron chi connectivity index (χ3n) is 3.39. The zero-order chi connectivity index (χ0) is 14.4. The zero-order valence-corrected chi connectivity index (χ0v) is 12.3. The van der Waals surface area contributed by atoms with Gasteiger partial charge in [0.25, 0.3) is 0 Å². The predicted octanol–water partition coefficient (Wildman–Crippen LogP) is 3.51. The van der Waals surface area contributed by atoms with Crippen molar-refractivity contribution < 1.29 is 5.11 Å². The first-order chi connectivity index (χ1) is 9.76. The third kappa shape index (κ3) is 3.50. The number of halogens is 1. The molecule has 1 N–H and O–H groups in total. The van der Waals surface area contributed by atoms with Crippen LogP contribution in [0.5, 0.6) is 0 Å². The Kier molecular flexibility index (Phi) is 5.39. The summed E-state index contributed by atoms with van der Waals surface area (Å²) in [6, 6.07) is 14.0. The van der Waals surface area contributed by atoms with E-state index < -0.39 is 0 Å². The summed E-state index contributed by atoms with van der Waals surface area (Å²) >= 11 is 6.15. The monoisotopic (exact) mass is 290 g/mol. The molecule has 20 heavy (non-hydrogen) atoms. The molecule has 0 bridgehead atoms. The summed E-state index contributed by atoms with van der Waals surface area (Å²) in [7, 11) is 0. The van der Waals surface area contributed by atoms with E-state index in [1.807, 2.05) is 42.5 Å². The first kappa shape index (κ1) is 14.8. The molecule has 0 saturated heterocycles. The van der Waals surface area contributed by atoms with E-state index in [1.54, 1.807) is 6.20 Å². The highest BCUT2D eigenvalue weighted by Crippen LogP contribution is 2.23. The van der Waals surface area contributed by atoms with Gasteiger partial charge in [0.05, 0.1) is 12.6 Å². The van der Waals surface area contributed by atoms with Crippen molar-refractivity contribution in [3.05, 3.63) is 59.4 Å². The minimum atomic E-state index is 0.0636. The van der Waals surface area contributed by atoms with Gasteiger partial charge >= 0.3 is 0 Å². The van der Waals surface area contributed by atoms with Gasteiger partial charge in [-0.1, -0.05) is 42.8 Å². The molecular formula is C16H19ClN2O. The number of hydrogen-bond acceptors (Lipinski definition) is 3. The first-order valence-corrected chi connectivity index (χ1v) is 7.16. The number of pyridine rings is 1. The van der Waals surface area contributed by atoms with Crippen LogP contribution in [-0.4, -0.2) is 22.7 Å². The average molecular weight is 291 g/mol. The second kappa shape index (κ2) is 7.27. The summed E-state index contributed by atoms with van der Waals surface area (Å²) in [5.74, 6) is 0. The molecule has 0 saturated carbocycles. The van der Waals surface area contributed by atoms with Crippen LogP contribution in [0.4, 0.5) is 5.69 Å². The Morgan fingerprint density at radius 3 is 2.55 bits per heavy atom. The largest absolute Gasteiger partial charge is 0.394 e. The average Bonchev–Trinajstić information content (AvgIpc) is 2.50. The number of aliphatic hydroxyl groups is 1. The second-order valence-corrected chi connectivity index (χ2v) is 5.02. The van der Waals surface area contributed by atoms with Crippen molar-refractivity contribution in [2.75, 3.05) is 11.5 Å². The number of rotatable bonds is 6. The van der Waals surface area contributed by atoms with E-state index in [9.17, 15) is 5.11 Å². The van der Waals surface area contributed by atoms with Crippen LogP contribution in [0.3, 0.4) is 0 Å². The molecule has 0 aliphatic heterocycles. The van der Waals surface area contributed by atoms with Gasteiger partial charge in [0.1, 0.15) is 5.15 Å². The summed E-state index contributed by atoms with van der Waals surface area (Å²) in [6.07, 6.45) is 2.55. The van der Waals surface area contributed by atoms with E-state index in [0.717, 1.165) is 17.7 Å². The Bertz CT molecular complexity index is 529. The van der Waals surface area contributed by atoms with Crippen LogP contribution >= 0.6 is 11.6 Å². The van der Waals surface area contributed by atoms with Crippen LogP contribution in [0.25, 0.3) is 0 Å². The molecule has 1 heterocycles. The molecule has 4 heteroatoms. The fraction of sp³-hybridized carbons (Fsp3) is 0.312. The molecule has 2 aromatic rings. The number of hydrogen-bond donors (Lipinski definition) is 1. The van der Waals surface area contributed by atoms with Crippen LogP contribution in [0.2, 0.25) is 5.15 Å². The molecule has 106 valence electrons. The van der Waals surface area contributed by atoms with Crippen molar-refractivity contribution in [2.45, 2.75) is 25.9 Å². The molecule has 1 unspecified atom stereocenters. The van der Waals surface area contributed by atoms with Gasteiger partial charge in [-0.25, -0.2) is 4.98 Å². The number of benzene rings is 1. The van der Waals surface area contributed by atoms with E-state index in [1.165, 1.54) is 0 Å². The Morgan fingerprint density at radius 2 is 1.95 bits per heavy atom. The maximum atomic E-state index is 9.61. The molecular weight excluding hydrogens is 272 g/mol. The van der Waals surface area contributed by atoms with Gasteiger partial charge in [-0.15, -0.1) is 0 Å². The molecule has 3 nitrogen and oxygen atoms in total. The lowest BCUT2D eigenvalue weighted by atomic mass is 10.1. The van der Waals surface area contributed by atoms with E-state index in [0.29, 0.717) is 11.7 Å². The highest BCUT2D eigenvalue weighted by atomic mass is 35.5. The number of para-hydroxylation sites is 1. The lowest BCUT2D eigenvalue weighted by Gasteiger charge is -2.32. The van der Waals surface area contributed by atoms with Crippen LogP contribution in [0.1, 0.15) is 18.9 Å². The van der Waals surface area contributed by atoms with Gasteiger partial charge in [-0.2, -0.15) is 0 Å². The Morgan fingerprint density at radius 1 is 1.20 bits per heavy atom. The summed E-state index contributed by atoms with van der Waals surface area (Å²) in [5, 5.41) is 10.1. The summed E-state index contributed by atoms with van der Waals surface area (Å²) < 4.78 is 0. The van der Waals surface area contributed by atoms with Gasteiger partial charge in [-0.3, -0.25) is 0 Å². The highest BCUT2D eigenvalue weighted by Gasteiger charge is 2.18. The third-order valence-corrected chi connectivity index (χ3v) is 3.73. The number of aromatic nitrogens is 1. The van der Waals surface area contributed by atoms with Gasteiger partial charge in [0.2, 0.25) is 0 Å². The Balaban J connectivity index is 2.30. The fourth-order valence-electron chi connectivity index (χ4n) is 2.22. The SMILES string of the molecule is CCC(CO)N(Cc1cccnc1Cl)c1ccccc1. The molecule has 1 aromatic heterocycles. The summed E-state index contributed by atoms with van der Waals surface area (Å²) in [4.78, 5) is 6.28. The van der Waals surface area contributed by atoms with Crippen molar-refractivity contribution in [1.82, 2.24) is 4.98 Å². The molecule has 1 aromatic carbocycles. The molecule has 0 fully saturated rings. The normalized spacial score (nSPS) is 12.2. The summed E-state index contributed by atoms with van der Waals surface area (Å²) in [5.41, 5.74) is 2.04. The molecule has 1 atom stereocenters. The van der Waals surface area contributed by atoms with Crippen LogP contribution in [-0.2, 0) is 6.54 Å². The van der Waals surface area contributed by atoms with E-state index in [-0.39, 0.29) is 12.6 Å². The summed E-state index contributed by atoms with van der Waals surface area (Å²) in [6.45, 7) is 2.82. The van der Waals surface area contributed by atoms with E-state index >= 15 is 0 Å². The molecule has 0 spiro atoms. The van der Waals surface area contributed by atoms with Gasteiger partial charge in [0, 0.05) is 24.0 Å². The Hall–Kier alpha value is -1.58. The van der Waals surface area contributed by atoms with E-state index in [2.05, 4.69) is 16.8 Å². The van der Waals surface area contributed by atoms with Crippen molar-refractivity contribution in [3.63, 3.8) is 0 Å². The van der Waals surface area contributed by atoms with Crippen molar-refractivity contribution in [3.8, 4) is 0 Å². The Labute approximate surface area is 124 Å². The van der Waals surface area contributed by atoms with Gasteiger partial charge in [-0.05, 0) is 24.6 Å². The molecule has 0 amide bonds. The van der Waals surface area contributed by atoms with Gasteiger partial charge < -0.3 is 10.0 Å². The topological polar surface area (TPSA) is 36.4 Å². The van der Waals surface area contributed by atoms with Crippen LogP contribution in [0.15, 0.2) is 48.7 Å². The van der Waals surface area contributed by atoms with Crippen molar-refractivity contribution in [1.29, 1.82) is 0 Å². The number of nitrogens with zero attached hydrogens (tertiary/aromatic N) is 2. The quantitative estimate of drug-likeness (QED) is 0.827. The van der Waals surface area contributed by atoms with E-state index in [4.69, 9.17) is 11.6 Å². The molecule has 0 radical (unpaired) electrons. The van der Waals surface area contributed by atoms with Crippen molar-refractivity contribution >= 4 is 17.3 Å². The van der Waals surface area contributed by atoms with Crippen LogP contribution in [0, 0.1) is 0 Å².